The van der Waals surface area contributed by atoms with Crippen molar-refractivity contribution in [1.29, 1.82) is 0 Å². The summed E-state index contributed by atoms with van der Waals surface area (Å²) in [5.41, 5.74) is 0.697. The van der Waals surface area contributed by atoms with Crippen LogP contribution >= 0.6 is 22.6 Å². The third-order valence-electron chi connectivity index (χ3n) is 2.51. The van der Waals surface area contributed by atoms with Crippen LogP contribution in [0.4, 0.5) is 0 Å². The van der Waals surface area contributed by atoms with Crippen LogP contribution < -0.4 is 0 Å². The van der Waals surface area contributed by atoms with Gasteiger partial charge in [0.05, 0.1) is 13.2 Å². The second kappa shape index (κ2) is 8.44. The van der Waals surface area contributed by atoms with Crippen LogP contribution in [0.15, 0.2) is 24.3 Å². The molecule has 0 aromatic heterocycles. The molecule has 0 saturated heterocycles. The summed E-state index contributed by atoms with van der Waals surface area (Å²) in [6.45, 7) is 2.20. The summed E-state index contributed by atoms with van der Waals surface area (Å²) >= 11 is 2.22. The van der Waals surface area contributed by atoms with Crippen LogP contribution in [0.5, 0.6) is 0 Å². The van der Waals surface area contributed by atoms with E-state index in [0.717, 1.165) is 3.57 Å². The van der Waals surface area contributed by atoms with Crippen LogP contribution in [0.25, 0.3) is 0 Å². The first-order valence-corrected chi connectivity index (χ1v) is 6.79. The molecule has 5 heteroatoms. The van der Waals surface area contributed by atoms with E-state index in [1.54, 1.807) is 19.1 Å². The van der Waals surface area contributed by atoms with Crippen molar-refractivity contribution in [3.05, 3.63) is 33.4 Å². The fourth-order valence-corrected chi connectivity index (χ4v) is 1.85. The third kappa shape index (κ3) is 4.91. The zero-order chi connectivity index (χ0) is 13.4. The van der Waals surface area contributed by atoms with Crippen molar-refractivity contribution in [2.24, 2.45) is 0 Å². The van der Waals surface area contributed by atoms with Gasteiger partial charge < -0.3 is 14.4 Å². The van der Waals surface area contributed by atoms with Crippen molar-refractivity contribution in [3.8, 4) is 0 Å². The summed E-state index contributed by atoms with van der Waals surface area (Å²) in [5, 5.41) is 0. The Labute approximate surface area is 121 Å². The monoisotopic (exact) mass is 363 g/mol. The third-order valence-corrected chi connectivity index (χ3v) is 3.23. The number of carbonyl (C=O) groups is 1. The minimum atomic E-state index is 0.0144. The zero-order valence-electron chi connectivity index (χ0n) is 10.7. The van der Waals surface area contributed by atoms with E-state index in [1.807, 2.05) is 24.3 Å². The number of rotatable bonds is 7. The van der Waals surface area contributed by atoms with Crippen molar-refractivity contribution in [1.82, 2.24) is 4.90 Å². The van der Waals surface area contributed by atoms with Crippen molar-refractivity contribution in [2.45, 2.75) is 0 Å². The van der Waals surface area contributed by atoms with Gasteiger partial charge in [0.25, 0.3) is 5.91 Å². The van der Waals surface area contributed by atoms with Gasteiger partial charge >= 0.3 is 0 Å². The fourth-order valence-electron chi connectivity index (χ4n) is 1.49. The number of nitrogens with zero attached hydrogens (tertiary/aromatic N) is 1. The van der Waals surface area contributed by atoms with E-state index in [1.165, 1.54) is 0 Å². The molecule has 1 aromatic rings. The number of hydrogen-bond donors (Lipinski definition) is 0. The van der Waals surface area contributed by atoms with Crippen molar-refractivity contribution >= 4 is 28.5 Å². The molecule has 0 aliphatic carbocycles. The molecule has 0 spiro atoms. The van der Waals surface area contributed by atoms with Gasteiger partial charge in [0.1, 0.15) is 0 Å². The molecule has 1 amide bonds. The van der Waals surface area contributed by atoms with E-state index < -0.39 is 0 Å². The first-order chi connectivity index (χ1) is 8.69. The Morgan fingerprint density at radius 3 is 2.06 bits per heavy atom. The average molecular weight is 363 g/mol. The normalized spacial score (nSPS) is 10.4. The molecular weight excluding hydrogens is 345 g/mol. The second-order valence-corrected chi connectivity index (χ2v) is 5.03. The Kier molecular flexibility index (Phi) is 7.22. The van der Waals surface area contributed by atoms with E-state index in [4.69, 9.17) is 9.47 Å². The number of amides is 1. The van der Waals surface area contributed by atoms with Crippen molar-refractivity contribution in [3.63, 3.8) is 0 Å². The molecule has 0 N–H and O–H groups in total. The highest BCUT2D eigenvalue weighted by Gasteiger charge is 2.14. The molecular formula is C13H18INO3. The van der Waals surface area contributed by atoms with E-state index in [0.29, 0.717) is 31.9 Å². The van der Waals surface area contributed by atoms with Crippen LogP contribution in [0.3, 0.4) is 0 Å². The van der Waals surface area contributed by atoms with Gasteiger partial charge in [-0.1, -0.05) is 0 Å². The molecule has 0 aliphatic rings. The van der Waals surface area contributed by atoms with Crippen molar-refractivity contribution in [2.75, 3.05) is 40.5 Å². The summed E-state index contributed by atoms with van der Waals surface area (Å²) in [6.07, 6.45) is 0. The maximum atomic E-state index is 12.3. The molecule has 0 unspecified atom stereocenters. The van der Waals surface area contributed by atoms with Gasteiger partial charge in [-0.25, -0.2) is 0 Å². The first kappa shape index (κ1) is 15.4. The highest BCUT2D eigenvalue weighted by molar-refractivity contribution is 14.1. The highest BCUT2D eigenvalue weighted by Crippen LogP contribution is 2.09. The lowest BCUT2D eigenvalue weighted by Crippen LogP contribution is -2.36. The Hall–Kier alpha value is -0.660. The number of carbonyl (C=O) groups excluding carboxylic acids is 1. The van der Waals surface area contributed by atoms with Gasteiger partial charge in [0.15, 0.2) is 0 Å². The molecule has 0 bridgehead atoms. The van der Waals surface area contributed by atoms with Gasteiger partial charge in [-0.3, -0.25) is 4.79 Å². The van der Waals surface area contributed by atoms with Crippen molar-refractivity contribution < 1.29 is 14.3 Å². The summed E-state index contributed by atoms with van der Waals surface area (Å²) in [5.74, 6) is 0.0144. The molecule has 18 heavy (non-hydrogen) atoms. The maximum absolute atomic E-state index is 12.3. The van der Waals surface area contributed by atoms with E-state index in [2.05, 4.69) is 22.6 Å². The standard InChI is InChI=1S/C13H18INO3/c1-17-9-7-15(8-10-18-2)13(16)11-3-5-12(14)6-4-11/h3-6H,7-10H2,1-2H3. The maximum Gasteiger partial charge on any atom is 0.254 e. The number of halogens is 1. The number of ether oxygens (including phenoxy) is 2. The van der Waals surface area contributed by atoms with Crippen LogP contribution in [-0.4, -0.2) is 51.3 Å². The van der Waals surface area contributed by atoms with E-state index in [9.17, 15) is 4.79 Å². The lowest BCUT2D eigenvalue weighted by Gasteiger charge is -2.22. The Balaban J connectivity index is 2.70. The van der Waals surface area contributed by atoms with Gasteiger partial charge in [-0.2, -0.15) is 0 Å². The molecule has 100 valence electrons. The summed E-state index contributed by atoms with van der Waals surface area (Å²) in [6, 6.07) is 7.55. The minimum absolute atomic E-state index is 0.0144. The number of hydrogen-bond acceptors (Lipinski definition) is 3. The Bertz CT molecular complexity index is 359. The van der Waals surface area contributed by atoms with Crippen LogP contribution in [0.1, 0.15) is 10.4 Å². The molecule has 0 aliphatic heterocycles. The first-order valence-electron chi connectivity index (χ1n) is 5.71. The Morgan fingerprint density at radius 2 is 1.61 bits per heavy atom. The molecule has 0 radical (unpaired) electrons. The lowest BCUT2D eigenvalue weighted by molar-refractivity contribution is 0.0627. The smallest absolute Gasteiger partial charge is 0.254 e. The number of methoxy groups -OCH3 is 2. The SMILES string of the molecule is COCCN(CCOC)C(=O)c1ccc(I)cc1. The fraction of sp³-hybridized carbons (Fsp3) is 0.462. The average Bonchev–Trinajstić information content (AvgIpc) is 2.39. The topological polar surface area (TPSA) is 38.8 Å². The molecule has 1 aromatic carbocycles. The highest BCUT2D eigenvalue weighted by atomic mass is 127. The zero-order valence-corrected chi connectivity index (χ0v) is 12.8. The van der Waals surface area contributed by atoms with Gasteiger partial charge in [-0.05, 0) is 46.9 Å². The summed E-state index contributed by atoms with van der Waals surface area (Å²) in [7, 11) is 3.26. The van der Waals surface area contributed by atoms with Gasteiger partial charge in [0, 0.05) is 36.4 Å². The van der Waals surface area contributed by atoms with Gasteiger partial charge in [0.2, 0.25) is 0 Å². The van der Waals surface area contributed by atoms with Crippen LogP contribution in [0, 0.1) is 3.57 Å². The minimum Gasteiger partial charge on any atom is -0.383 e. The van der Waals surface area contributed by atoms with Crippen LogP contribution in [0.2, 0.25) is 0 Å². The molecule has 0 saturated carbocycles. The molecule has 0 atom stereocenters. The quantitative estimate of drug-likeness (QED) is 0.696. The molecule has 4 nitrogen and oxygen atoms in total. The van der Waals surface area contributed by atoms with E-state index in [-0.39, 0.29) is 5.91 Å². The summed E-state index contributed by atoms with van der Waals surface area (Å²) in [4.78, 5) is 14.0. The Morgan fingerprint density at radius 1 is 1.11 bits per heavy atom. The van der Waals surface area contributed by atoms with E-state index >= 15 is 0 Å². The largest absolute Gasteiger partial charge is 0.383 e. The lowest BCUT2D eigenvalue weighted by atomic mass is 10.2. The predicted molar refractivity (Wildman–Crippen MR) is 78.8 cm³/mol. The summed E-state index contributed by atoms with van der Waals surface area (Å²) < 4.78 is 11.2. The molecule has 0 fully saturated rings. The predicted octanol–water partition coefficient (Wildman–Crippen LogP) is 2.03. The molecule has 0 heterocycles. The molecule has 1 rings (SSSR count). The number of benzene rings is 1. The van der Waals surface area contributed by atoms with Crippen LogP contribution in [-0.2, 0) is 9.47 Å². The second-order valence-electron chi connectivity index (χ2n) is 3.78. The van der Waals surface area contributed by atoms with Gasteiger partial charge in [-0.15, -0.1) is 0 Å².